The van der Waals surface area contributed by atoms with Crippen molar-refractivity contribution in [2.45, 2.75) is 13.5 Å². The predicted octanol–water partition coefficient (Wildman–Crippen LogP) is 1.90. The number of benzene rings is 1. The summed E-state index contributed by atoms with van der Waals surface area (Å²) in [5.41, 5.74) is 1.32. The summed E-state index contributed by atoms with van der Waals surface area (Å²) in [6.07, 6.45) is 1.76. The van der Waals surface area contributed by atoms with Crippen LogP contribution in [0.2, 0.25) is 0 Å². The molecule has 2 aromatic rings. The molecule has 0 unspecified atom stereocenters. The highest BCUT2D eigenvalue weighted by molar-refractivity contribution is 5.95. The third kappa shape index (κ3) is 2.54. The highest BCUT2D eigenvalue weighted by Gasteiger charge is 2.18. The van der Waals surface area contributed by atoms with E-state index in [0.29, 0.717) is 11.5 Å². The first-order valence-electron chi connectivity index (χ1n) is 6.11. The van der Waals surface area contributed by atoms with Crippen molar-refractivity contribution in [3.8, 4) is 5.75 Å². The molecule has 0 bridgehead atoms. The number of esters is 1. The van der Waals surface area contributed by atoms with Gasteiger partial charge in [-0.05, 0) is 12.1 Å². The number of hydrogen-bond acceptors (Lipinski definition) is 6. The van der Waals surface area contributed by atoms with E-state index in [-0.39, 0.29) is 19.1 Å². The molecule has 0 N–H and O–H groups in total. The Labute approximate surface area is 115 Å². The van der Waals surface area contributed by atoms with E-state index in [1.54, 1.807) is 13.0 Å². The maximum absolute atomic E-state index is 11.9. The lowest BCUT2D eigenvalue weighted by atomic mass is 10.1. The van der Waals surface area contributed by atoms with Crippen LogP contribution in [0.4, 0.5) is 0 Å². The average Bonchev–Trinajstić information content (AvgIpc) is 2.90. The molecule has 1 aliphatic heterocycles. The molecule has 0 radical (unpaired) electrons. The lowest BCUT2D eigenvalue weighted by Gasteiger charge is -2.16. The molecule has 6 heteroatoms. The van der Waals surface area contributed by atoms with Crippen molar-refractivity contribution in [3.05, 3.63) is 47.2 Å². The maximum Gasteiger partial charge on any atom is 0.338 e. The fraction of sp³-hybridized carbons (Fsp3) is 0.214. The van der Waals surface area contributed by atoms with Crippen molar-refractivity contribution in [2.75, 3.05) is 6.61 Å². The second-order valence-corrected chi connectivity index (χ2v) is 4.29. The molecule has 20 heavy (non-hydrogen) atoms. The van der Waals surface area contributed by atoms with E-state index in [2.05, 4.69) is 10.2 Å². The Hall–Kier alpha value is -2.63. The van der Waals surface area contributed by atoms with Crippen molar-refractivity contribution < 1.29 is 18.7 Å². The van der Waals surface area contributed by atoms with E-state index in [9.17, 15) is 4.79 Å². The molecule has 6 nitrogen and oxygen atoms in total. The summed E-state index contributed by atoms with van der Waals surface area (Å²) in [5, 5.41) is 7.41. The first kappa shape index (κ1) is 12.4. The number of fused-ring (bicyclic) bond motifs is 1. The Balaban J connectivity index is 1.68. The topological polar surface area (TPSA) is 74.5 Å². The van der Waals surface area contributed by atoms with E-state index in [1.807, 2.05) is 24.3 Å². The molecule has 2 heterocycles. The van der Waals surface area contributed by atoms with Gasteiger partial charge in [0.15, 0.2) is 6.61 Å². The molecule has 3 rings (SSSR count). The highest BCUT2D eigenvalue weighted by atomic mass is 16.5. The Kier molecular flexibility index (Phi) is 3.20. The predicted molar refractivity (Wildman–Crippen MR) is 68.7 cm³/mol. The largest absolute Gasteiger partial charge is 0.488 e. The Morgan fingerprint density at radius 1 is 1.35 bits per heavy atom. The van der Waals surface area contributed by atoms with Gasteiger partial charge in [-0.3, -0.25) is 0 Å². The lowest BCUT2D eigenvalue weighted by molar-refractivity contribution is -0.141. The molecule has 102 valence electrons. The van der Waals surface area contributed by atoms with Crippen LogP contribution in [0.1, 0.15) is 17.3 Å². The second kappa shape index (κ2) is 5.16. The zero-order chi connectivity index (χ0) is 13.9. The molecular weight excluding hydrogens is 260 g/mol. The van der Waals surface area contributed by atoms with Crippen LogP contribution >= 0.6 is 0 Å². The SMILES string of the molecule is Cc1nnc(COC(=O)C2=Cc3ccccc3OC2)o1. The zero-order valence-corrected chi connectivity index (χ0v) is 10.8. The van der Waals surface area contributed by atoms with Crippen molar-refractivity contribution in [2.24, 2.45) is 0 Å². The van der Waals surface area contributed by atoms with Crippen LogP contribution < -0.4 is 4.74 Å². The van der Waals surface area contributed by atoms with Crippen molar-refractivity contribution in [3.63, 3.8) is 0 Å². The number of aryl methyl sites for hydroxylation is 1. The molecule has 0 fully saturated rings. The average molecular weight is 272 g/mol. The van der Waals surface area contributed by atoms with Crippen LogP contribution in [0.5, 0.6) is 5.75 Å². The van der Waals surface area contributed by atoms with E-state index >= 15 is 0 Å². The minimum absolute atomic E-state index is 0.0430. The standard InChI is InChI=1S/C14H12N2O4/c1-9-15-16-13(20-9)8-19-14(17)11-6-10-4-2-3-5-12(10)18-7-11/h2-6H,7-8H2,1H3. The van der Waals surface area contributed by atoms with Gasteiger partial charge in [-0.25, -0.2) is 4.79 Å². The second-order valence-electron chi connectivity index (χ2n) is 4.29. The quantitative estimate of drug-likeness (QED) is 0.794. The summed E-state index contributed by atoms with van der Waals surface area (Å²) >= 11 is 0. The van der Waals surface area contributed by atoms with Crippen LogP contribution in [-0.2, 0) is 16.1 Å². The van der Waals surface area contributed by atoms with Gasteiger partial charge < -0.3 is 13.9 Å². The fourth-order valence-electron chi connectivity index (χ4n) is 1.85. The van der Waals surface area contributed by atoms with E-state index in [4.69, 9.17) is 13.9 Å². The molecule has 1 aromatic heterocycles. The molecule has 0 amide bonds. The van der Waals surface area contributed by atoms with Crippen molar-refractivity contribution in [1.82, 2.24) is 10.2 Å². The minimum Gasteiger partial charge on any atom is -0.488 e. The van der Waals surface area contributed by atoms with Gasteiger partial charge in [0, 0.05) is 12.5 Å². The maximum atomic E-state index is 11.9. The molecule has 0 spiro atoms. The number of nitrogens with zero attached hydrogens (tertiary/aromatic N) is 2. The zero-order valence-electron chi connectivity index (χ0n) is 10.8. The molecule has 1 aromatic carbocycles. The summed E-state index contributed by atoms with van der Waals surface area (Å²) < 4.78 is 15.7. The number of hydrogen-bond donors (Lipinski definition) is 0. The molecule has 1 aliphatic rings. The Morgan fingerprint density at radius 3 is 3.00 bits per heavy atom. The van der Waals surface area contributed by atoms with E-state index in [0.717, 1.165) is 11.3 Å². The molecule has 0 atom stereocenters. The minimum atomic E-state index is -0.449. The van der Waals surface area contributed by atoms with Gasteiger partial charge in [-0.1, -0.05) is 18.2 Å². The Morgan fingerprint density at radius 2 is 2.20 bits per heavy atom. The van der Waals surface area contributed by atoms with Crippen molar-refractivity contribution in [1.29, 1.82) is 0 Å². The van der Waals surface area contributed by atoms with Crippen LogP contribution in [0.15, 0.2) is 34.3 Å². The van der Waals surface area contributed by atoms with E-state index in [1.165, 1.54) is 0 Å². The summed E-state index contributed by atoms with van der Waals surface area (Å²) in [5.74, 6) is 1.02. The lowest BCUT2D eigenvalue weighted by Crippen LogP contribution is -2.17. The number of carbonyl (C=O) groups excluding carboxylic acids is 1. The number of aromatic nitrogens is 2. The summed E-state index contributed by atoms with van der Waals surface area (Å²) in [7, 11) is 0. The first-order chi connectivity index (χ1) is 9.72. The number of ether oxygens (including phenoxy) is 2. The third-order valence-electron chi connectivity index (χ3n) is 2.79. The van der Waals surface area contributed by atoms with Gasteiger partial charge in [0.1, 0.15) is 12.4 Å². The fourth-order valence-corrected chi connectivity index (χ4v) is 1.85. The van der Waals surface area contributed by atoms with Gasteiger partial charge in [0.2, 0.25) is 5.89 Å². The van der Waals surface area contributed by atoms with Crippen LogP contribution in [0.25, 0.3) is 6.08 Å². The van der Waals surface area contributed by atoms with Crippen LogP contribution in [0, 0.1) is 6.92 Å². The summed E-state index contributed by atoms with van der Waals surface area (Å²) in [4.78, 5) is 11.9. The molecule has 0 aliphatic carbocycles. The summed E-state index contributed by atoms with van der Waals surface area (Å²) in [6.45, 7) is 1.82. The monoisotopic (exact) mass is 272 g/mol. The van der Waals surface area contributed by atoms with Gasteiger partial charge in [0.05, 0.1) is 5.57 Å². The third-order valence-corrected chi connectivity index (χ3v) is 2.79. The summed E-state index contributed by atoms with van der Waals surface area (Å²) in [6, 6.07) is 7.50. The number of carbonyl (C=O) groups is 1. The van der Waals surface area contributed by atoms with Crippen LogP contribution in [0.3, 0.4) is 0 Å². The highest BCUT2D eigenvalue weighted by Crippen LogP contribution is 2.26. The van der Waals surface area contributed by atoms with Gasteiger partial charge >= 0.3 is 5.97 Å². The van der Waals surface area contributed by atoms with Gasteiger partial charge in [-0.2, -0.15) is 0 Å². The smallest absolute Gasteiger partial charge is 0.338 e. The Bertz CT molecular complexity index is 675. The number of para-hydroxylation sites is 1. The molecular formula is C14H12N2O4. The molecule has 0 saturated heterocycles. The normalized spacial score (nSPS) is 13.2. The number of rotatable bonds is 3. The first-order valence-corrected chi connectivity index (χ1v) is 6.11. The van der Waals surface area contributed by atoms with E-state index < -0.39 is 5.97 Å². The molecule has 0 saturated carbocycles. The van der Waals surface area contributed by atoms with Crippen LogP contribution in [-0.4, -0.2) is 22.8 Å². The van der Waals surface area contributed by atoms with Gasteiger partial charge in [-0.15, -0.1) is 10.2 Å². The van der Waals surface area contributed by atoms with Gasteiger partial charge in [0.25, 0.3) is 5.89 Å². The van der Waals surface area contributed by atoms with Crippen molar-refractivity contribution >= 4 is 12.0 Å².